The molecule has 0 amide bonds. The minimum absolute atomic E-state index is 0.0763. The van der Waals surface area contributed by atoms with Crippen molar-refractivity contribution in [1.82, 2.24) is 0 Å². The summed E-state index contributed by atoms with van der Waals surface area (Å²) in [5.74, 6) is -0.873. The summed E-state index contributed by atoms with van der Waals surface area (Å²) in [6.07, 6.45) is 84.7. The zero-order valence-electron chi connectivity index (χ0n) is 53.4. The standard InChI is InChI=1S/C73H136O6/c1-4-7-10-13-16-19-22-25-28-30-31-32-33-34-35-36-37-38-39-40-41-42-43-46-48-51-54-57-60-63-66-72(75)78-69-70(68-77-71(74)65-62-59-56-53-50-47-44-27-24-21-18-15-12-9-6-3)79-73(76)67-64-61-58-55-52-49-45-29-26-23-20-17-14-11-8-5-2/h20,23,27,29,44-45,70H,4-19,21-22,24-26,28,30-43,46-69H2,1-3H3/b23-20-,44-27-,45-29-. The second-order valence-electron chi connectivity index (χ2n) is 24.1. The van der Waals surface area contributed by atoms with Gasteiger partial charge in [0, 0.05) is 19.3 Å². The third-order valence-corrected chi connectivity index (χ3v) is 16.1. The van der Waals surface area contributed by atoms with Crippen LogP contribution in [-0.4, -0.2) is 37.2 Å². The van der Waals surface area contributed by atoms with Gasteiger partial charge < -0.3 is 14.2 Å². The minimum atomic E-state index is -0.782. The Balaban J connectivity index is 4.17. The molecule has 1 atom stereocenters. The summed E-state index contributed by atoms with van der Waals surface area (Å²) >= 11 is 0. The molecule has 1 unspecified atom stereocenters. The second kappa shape index (κ2) is 68.1. The van der Waals surface area contributed by atoms with Crippen molar-refractivity contribution in [3.63, 3.8) is 0 Å². The third kappa shape index (κ3) is 66.3. The molecule has 0 fully saturated rings. The Morgan fingerprint density at radius 3 is 0.722 bits per heavy atom. The van der Waals surface area contributed by atoms with E-state index in [2.05, 4.69) is 57.2 Å². The highest BCUT2D eigenvalue weighted by Gasteiger charge is 2.19. The molecule has 0 aromatic carbocycles. The monoisotopic (exact) mass is 1110 g/mol. The van der Waals surface area contributed by atoms with Crippen molar-refractivity contribution in [2.24, 2.45) is 0 Å². The average Bonchev–Trinajstić information content (AvgIpc) is 3.45. The average molecular weight is 1110 g/mol. The maximum Gasteiger partial charge on any atom is 0.306 e. The van der Waals surface area contributed by atoms with Crippen LogP contribution in [-0.2, 0) is 28.6 Å². The van der Waals surface area contributed by atoms with Crippen LogP contribution in [0.5, 0.6) is 0 Å². The molecule has 0 heterocycles. The normalized spacial score (nSPS) is 12.2. The van der Waals surface area contributed by atoms with E-state index in [4.69, 9.17) is 14.2 Å². The predicted molar refractivity (Wildman–Crippen MR) is 344 cm³/mol. The first-order valence-electron chi connectivity index (χ1n) is 35.5. The number of rotatable bonds is 66. The van der Waals surface area contributed by atoms with Gasteiger partial charge in [-0.05, 0) is 77.0 Å². The van der Waals surface area contributed by atoms with E-state index in [-0.39, 0.29) is 31.1 Å². The summed E-state index contributed by atoms with van der Waals surface area (Å²) in [6, 6.07) is 0. The number of hydrogen-bond acceptors (Lipinski definition) is 6. The van der Waals surface area contributed by atoms with E-state index in [1.54, 1.807) is 0 Å². The van der Waals surface area contributed by atoms with Gasteiger partial charge in [0.25, 0.3) is 0 Å². The van der Waals surface area contributed by atoms with Gasteiger partial charge in [0.15, 0.2) is 6.10 Å². The number of ether oxygens (including phenoxy) is 3. The van der Waals surface area contributed by atoms with Gasteiger partial charge in [0.05, 0.1) is 0 Å². The number of carbonyl (C=O) groups is 3. The Morgan fingerprint density at radius 1 is 0.253 bits per heavy atom. The van der Waals surface area contributed by atoms with E-state index in [9.17, 15) is 14.4 Å². The van der Waals surface area contributed by atoms with Crippen molar-refractivity contribution in [3.8, 4) is 0 Å². The molecule has 0 saturated heterocycles. The van der Waals surface area contributed by atoms with Crippen molar-refractivity contribution >= 4 is 17.9 Å². The second-order valence-corrected chi connectivity index (χ2v) is 24.1. The Hall–Kier alpha value is -2.37. The fraction of sp³-hybridized carbons (Fsp3) is 0.877. The fourth-order valence-corrected chi connectivity index (χ4v) is 10.8. The first-order valence-corrected chi connectivity index (χ1v) is 35.5. The quantitative estimate of drug-likeness (QED) is 0.0261. The van der Waals surface area contributed by atoms with E-state index in [1.807, 2.05) is 0 Å². The highest BCUT2D eigenvalue weighted by molar-refractivity contribution is 5.71. The topological polar surface area (TPSA) is 78.9 Å². The van der Waals surface area contributed by atoms with Gasteiger partial charge in [-0.3, -0.25) is 14.4 Å². The van der Waals surface area contributed by atoms with Gasteiger partial charge in [-0.1, -0.05) is 333 Å². The predicted octanol–water partition coefficient (Wildman–Crippen LogP) is 24.3. The lowest BCUT2D eigenvalue weighted by molar-refractivity contribution is -0.167. The van der Waals surface area contributed by atoms with Crippen molar-refractivity contribution in [1.29, 1.82) is 0 Å². The zero-order chi connectivity index (χ0) is 57.1. The van der Waals surface area contributed by atoms with Crippen LogP contribution in [0.15, 0.2) is 36.5 Å². The summed E-state index contributed by atoms with van der Waals surface area (Å²) in [5.41, 5.74) is 0. The Kier molecular flexibility index (Phi) is 66.1. The summed E-state index contributed by atoms with van der Waals surface area (Å²) in [5, 5.41) is 0. The van der Waals surface area contributed by atoms with Crippen LogP contribution in [0.3, 0.4) is 0 Å². The lowest BCUT2D eigenvalue weighted by atomic mass is 10.0. The van der Waals surface area contributed by atoms with E-state index in [1.165, 1.54) is 263 Å². The van der Waals surface area contributed by atoms with Crippen LogP contribution >= 0.6 is 0 Å². The number of unbranched alkanes of at least 4 members (excludes halogenated alkanes) is 49. The molecule has 464 valence electrons. The van der Waals surface area contributed by atoms with E-state index in [0.29, 0.717) is 19.3 Å². The Bertz CT molecular complexity index is 1320. The van der Waals surface area contributed by atoms with E-state index >= 15 is 0 Å². The molecule has 6 nitrogen and oxygen atoms in total. The molecule has 0 radical (unpaired) electrons. The Labute approximate surface area is 493 Å². The van der Waals surface area contributed by atoms with Crippen LogP contribution in [0.2, 0.25) is 0 Å². The van der Waals surface area contributed by atoms with Gasteiger partial charge in [0.1, 0.15) is 13.2 Å². The van der Waals surface area contributed by atoms with Crippen molar-refractivity contribution in [2.45, 2.75) is 399 Å². The van der Waals surface area contributed by atoms with Crippen molar-refractivity contribution in [2.75, 3.05) is 13.2 Å². The van der Waals surface area contributed by atoms with Gasteiger partial charge in [-0.2, -0.15) is 0 Å². The van der Waals surface area contributed by atoms with E-state index < -0.39 is 6.10 Å². The highest BCUT2D eigenvalue weighted by Crippen LogP contribution is 2.19. The molecule has 0 bridgehead atoms. The largest absolute Gasteiger partial charge is 0.462 e. The molecular formula is C73H136O6. The number of carbonyl (C=O) groups excluding carboxylic acids is 3. The summed E-state index contributed by atoms with van der Waals surface area (Å²) in [7, 11) is 0. The molecule has 0 aliphatic carbocycles. The fourth-order valence-electron chi connectivity index (χ4n) is 10.8. The first-order chi connectivity index (χ1) is 39.0. The van der Waals surface area contributed by atoms with Crippen LogP contribution in [0.4, 0.5) is 0 Å². The molecule has 0 aromatic rings. The molecule has 0 aliphatic heterocycles. The number of esters is 3. The van der Waals surface area contributed by atoms with Crippen LogP contribution in [0.25, 0.3) is 0 Å². The molecule has 0 N–H and O–H groups in total. The molecule has 0 aromatic heterocycles. The first kappa shape index (κ1) is 76.6. The molecule has 79 heavy (non-hydrogen) atoms. The smallest absolute Gasteiger partial charge is 0.306 e. The van der Waals surface area contributed by atoms with Crippen LogP contribution < -0.4 is 0 Å². The maximum absolute atomic E-state index is 12.9. The molecule has 6 heteroatoms. The van der Waals surface area contributed by atoms with Gasteiger partial charge >= 0.3 is 17.9 Å². The van der Waals surface area contributed by atoms with Gasteiger partial charge in [-0.15, -0.1) is 0 Å². The number of hydrogen-bond donors (Lipinski definition) is 0. The maximum atomic E-state index is 12.9. The van der Waals surface area contributed by atoms with Gasteiger partial charge in [0.2, 0.25) is 0 Å². The minimum Gasteiger partial charge on any atom is -0.462 e. The highest BCUT2D eigenvalue weighted by atomic mass is 16.6. The van der Waals surface area contributed by atoms with Crippen LogP contribution in [0.1, 0.15) is 393 Å². The van der Waals surface area contributed by atoms with Crippen LogP contribution in [0, 0.1) is 0 Å². The third-order valence-electron chi connectivity index (χ3n) is 16.1. The molecular weight excluding hydrogens is 973 g/mol. The molecule has 0 aliphatic rings. The lowest BCUT2D eigenvalue weighted by Crippen LogP contribution is -2.30. The molecule has 0 spiro atoms. The summed E-state index contributed by atoms with van der Waals surface area (Å²) < 4.78 is 17.0. The van der Waals surface area contributed by atoms with Crippen molar-refractivity contribution in [3.05, 3.63) is 36.5 Å². The van der Waals surface area contributed by atoms with E-state index in [0.717, 1.165) is 89.9 Å². The summed E-state index contributed by atoms with van der Waals surface area (Å²) in [4.78, 5) is 38.4. The Morgan fingerprint density at radius 2 is 0.456 bits per heavy atom. The van der Waals surface area contributed by atoms with Crippen molar-refractivity contribution < 1.29 is 28.6 Å². The number of allylic oxidation sites excluding steroid dienone is 6. The van der Waals surface area contributed by atoms with Gasteiger partial charge in [-0.25, -0.2) is 0 Å². The molecule has 0 rings (SSSR count). The molecule has 0 saturated carbocycles. The summed E-state index contributed by atoms with van der Waals surface area (Å²) in [6.45, 7) is 6.67. The SMILES string of the molecule is CCCCCC/C=C\C/C=C\CCCCCCCC(=O)OC(COC(=O)CCCCCCC/C=C\CCCCCCCC)COC(=O)CCCCCCCCCCCCCCCCCCCCCCCCCCCCCCCC. The zero-order valence-corrected chi connectivity index (χ0v) is 53.4. The lowest BCUT2D eigenvalue weighted by Gasteiger charge is -2.18.